The van der Waals surface area contributed by atoms with Crippen molar-refractivity contribution in [1.82, 2.24) is 20.0 Å². The molecule has 5 rings (SSSR count). The van der Waals surface area contributed by atoms with E-state index in [1.165, 1.54) is 6.20 Å². The average Bonchev–Trinajstić information content (AvgIpc) is 3.47. The highest BCUT2D eigenvalue weighted by Gasteiger charge is 2.28. The molecule has 0 N–H and O–H groups in total. The highest BCUT2D eigenvalue weighted by Crippen LogP contribution is 2.29. The summed E-state index contributed by atoms with van der Waals surface area (Å²) >= 11 is 0. The van der Waals surface area contributed by atoms with Crippen molar-refractivity contribution in [3.8, 4) is 17.7 Å². The molecular formula is C22H23N5O5. The lowest BCUT2D eigenvalue weighted by Gasteiger charge is -2.32. The molecular weight excluding hydrogens is 414 g/mol. The number of nitrogens with zero attached hydrogens (tertiary/aromatic N) is 5. The number of rotatable bonds is 4. The molecule has 3 aromatic rings. The molecule has 2 saturated heterocycles. The average molecular weight is 437 g/mol. The number of hydrogen-bond acceptors (Lipinski definition) is 9. The summed E-state index contributed by atoms with van der Waals surface area (Å²) in [5.74, 6) is 1.64. The van der Waals surface area contributed by atoms with Gasteiger partial charge in [0.15, 0.2) is 17.3 Å². The van der Waals surface area contributed by atoms with Gasteiger partial charge >= 0.3 is 6.09 Å². The van der Waals surface area contributed by atoms with Crippen molar-refractivity contribution >= 4 is 17.1 Å². The highest BCUT2D eigenvalue weighted by molar-refractivity contribution is 5.85. The third-order valence-corrected chi connectivity index (χ3v) is 6.01. The summed E-state index contributed by atoms with van der Waals surface area (Å²) in [6.45, 7) is 2.62. The fourth-order valence-corrected chi connectivity index (χ4v) is 4.18. The molecule has 166 valence electrons. The number of amides is 1. The van der Waals surface area contributed by atoms with Crippen LogP contribution >= 0.6 is 0 Å². The van der Waals surface area contributed by atoms with E-state index < -0.39 is 0 Å². The number of pyridine rings is 1. The van der Waals surface area contributed by atoms with Gasteiger partial charge in [0.2, 0.25) is 0 Å². The van der Waals surface area contributed by atoms with Crippen molar-refractivity contribution < 1.29 is 23.2 Å². The van der Waals surface area contributed by atoms with Crippen LogP contribution in [0.15, 0.2) is 27.3 Å². The molecule has 2 fully saturated rings. The first-order valence-corrected chi connectivity index (χ1v) is 10.8. The van der Waals surface area contributed by atoms with Gasteiger partial charge in [-0.15, -0.1) is 0 Å². The Labute approximate surface area is 184 Å². The molecule has 0 aromatic carbocycles. The normalized spacial score (nSPS) is 18.0. The van der Waals surface area contributed by atoms with Crippen LogP contribution < -0.4 is 0 Å². The highest BCUT2D eigenvalue weighted by atomic mass is 16.6. The van der Waals surface area contributed by atoms with Gasteiger partial charge in [0.1, 0.15) is 17.8 Å². The number of carbonyl (C=O) groups excluding carboxylic acids is 1. The monoisotopic (exact) mass is 437 g/mol. The Hall–Kier alpha value is -3.45. The van der Waals surface area contributed by atoms with Crippen molar-refractivity contribution in [2.45, 2.75) is 38.2 Å². The second kappa shape index (κ2) is 8.96. The van der Waals surface area contributed by atoms with Crippen LogP contribution in [-0.4, -0.2) is 58.5 Å². The molecule has 0 atom stereocenters. The number of hydrogen-bond donors (Lipinski definition) is 0. The number of carbonyl (C=O) groups is 1. The molecule has 0 aliphatic carbocycles. The Kier molecular flexibility index (Phi) is 5.73. The maximum absolute atomic E-state index is 12.4. The van der Waals surface area contributed by atoms with Crippen molar-refractivity contribution in [1.29, 1.82) is 5.26 Å². The maximum Gasteiger partial charge on any atom is 0.410 e. The van der Waals surface area contributed by atoms with Crippen LogP contribution in [0.2, 0.25) is 0 Å². The molecule has 2 aliphatic rings. The first kappa shape index (κ1) is 20.5. The van der Waals surface area contributed by atoms with Gasteiger partial charge < -0.3 is 23.3 Å². The molecule has 0 unspecified atom stereocenters. The van der Waals surface area contributed by atoms with Crippen LogP contribution in [0, 0.1) is 17.2 Å². The fourth-order valence-electron chi connectivity index (χ4n) is 4.18. The first-order valence-electron chi connectivity index (χ1n) is 10.8. The summed E-state index contributed by atoms with van der Waals surface area (Å²) in [4.78, 5) is 22.7. The Balaban J connectivity index is 1.16. The van der Waals surface area contributed by atoms with Crippen molar-refractivity contribution in [2.24, 2.45) is 5.92 Å². The summed E-state index contributed by atoms with van der Waals surface area (Å²) < 4.78 is 22.1. The number of ether oxygens (including phenoxy) is 2. The van der Waals surface area contributed by atoms with E-state index in [1.807, 2.05) is 6.07 Å². The lowest BCUT2D eigenvalue weighted by Crippen LogP contribution is -2.41. The van der Waals surface area contributed by atoms with Crippen molar-refractivity contribution in [3.63, 3.8) is 0 Å². The summed E-state index contributed by atoms with van der Waals surface area (Å²) in [7, 11) is 0. The number of fused-ring (bicyclic) bond motifs is 1. The van der Waals surface area contributed by atoms with Crippen LogP contribution in [0.25, 0.3) is 22.6 Å². The molecule has 32 heavy (non-hydrogen) atoms. The number of likely N-dealkylation sites (tertiary alicyclic amines) is 1. The van der Waals surface area contributed by atoms with Crippen molar-refractivity contribution in [2.75, 3.05) is 26.3 Å². The molecule has 2 aliphatic heterocycles. The number of nitriles is 1. The van der Waals surface area contributed by atoms with E-state index >= 15 is 0 Å². The lowest BCUT2D eigenvalue weighted by atomic mass is 9.93. The molecule has 10 heteroatoms. The molecule has 5 heterocycles. The van der Waals surface area contributed by atoms with Gasteiger partial charge in [-0.1, -0.05) is 5.16 Å². The molecule has 0 saturated carbocycles. The van der Waals surface area contributed by atoms with Gasteiger partial charge in [-0.05, 0) is 24.8 Å². The predicted molar refractivity (Wildman–Crippen MR) is 110 cm³/mol. The summed E-state index contributed by atoms with van der Waals surface area (Å²) in [5, 5.41) is 13.9. The van der Waals surface area contributed by atoms with Crippen LogP contribution in [0.3, 0.4) is 0 Å². The minimum absolute atomic E-state index is 0.0370. The molecule has 0 spiro atoms. The fraction of sp³-hybridized carbons (Fsp3) is 0.500. The van der Waals surface area contributed by atoms with Gasteiger partial charge in [0, 0.05) is 44.6 Å². The maximum atomic E-state index is 12.4. The van der Waals surface area contributed by atoms with E-state index in [0.29, 0.717) is 66.9 Å². The topological polar surface area (TPSA) is 128 Å². The van der Waals surface area contributed by atoms with Crippen LogP contribution in [0.5, 0.6) is 0 Å². The Morgan fingerprint density at radius 2 is 2.06 bits per heavy atom. The summed E-state index contributed by atoms with van der Waals surface area (Å²) in [6, 6.07) is 5.44. The quantitative estimate of drug-likeness (QED) is 0.604. The van der Waals surface area contributed by atoms with E-state index in [-0.39, 0.29) is 18.1 Å². The summed E-state index contributed by atoms with van der Waals surface area (Å²) in [5.41, 5.74) is 0.839. The second-order valence-corrected chi connectivity index (χ2v) is 8.14. The van der Waals surface area contributed by atoms with E-state index in [0.717, 1.165) is 25.7 Å². The van der Waals surface area contributed by atoms with Gasteiger partial charge in [0.05, 0.1) is 18.6 Å². The van der Waals surface area contributed by atoms with E-state index in [4.69, 9.17) is 18.4 Å². The second-order valence-electron chi connectivity index (χ2n) is 8.14. The number of furan rings is 1. The molecule has 0 bridgehead atoms. The van der Waals surface area contributed by atoms with E-state index in [9.17, 15) is 10.1 Å². The SMILES string of the molecule is N#Cc1nccc2oc(-c3nc(CC4CCN(C(=O)OC5CCOCC5)CC4)no3)cc12. The van der Waals surface area contributed by atoms with Gasteiger partial charge in [0.25, 0.3) is 5.89 Å². The van der Waals surface area contributed by atoms with Gasteiger partial charge in [-0.25, -0.2) is 9.78 Å². The molecule has 0 radical (unpaired) electrons. The zero-order chi connectivity index (χ0) is 21.9. The van der Waals surface area contributed by atoms with E-state index in [1.54, 1.807) is 17.0 Å². The minimum atomic E-state index is -0.228. The molecule has 10 nitrogen and oxygen atoms in total. The minimum Gasteiger partial charge on any atom is -0.451 e. The van der Waals surface area contributed by atoms with Gasteiger partial charge in [-0.3, -0.25) is 0 Å². The third-order valence-electron chi connectivity index (χ3n) is 6.01. The van der Waals surface area contributed by atoms with Crippen LogP contribution in [0.4, 0.5) is 4.79 Å². The van der Waals surface area contributed by atoms with Crippen molar-refractivity contribution in [3.05, 3.63) is 29.8 Å². The third kappa shape index (κ3) is 4.29. The standard InChI is InChI=1S/C22H23N5O5/c23-13-17-16-12-19(31-18(16)1-6-24-17)21-25-20(26-32-21)11-14-2-7-27(8-3-14)22(28)30-15-4-9-29-10-5-15/h1,6,12,14-15H,2-5,7-11H2. The van der Waals surface area contributed by atoms with Crippen LogP contribution in [-0.2, 0) is 15.9 Å². The molecule has 3 aromatic heterocycles. The molecule has 1 amide bonds. The van der Waals surface area contributed by atoms with Crippen LogP contribution in [0.1, 0.15) is 37.2 Å². The lowest BCUT2D eigenvalue weighted by molar-refractivity contribution is -0.0130. The largest absolute Gasteiger partial charge is 0.451 e. The Bertz CT molecular complexity index is 1140. The van der Waals surface area contributed by atoms with Gasteiger partial charge in [-0.2, -0.15) is 10.2 Å². The zero-order valence-electron chi connectivity index (χ0n) is 17.5. The first-order chi connectivity index (χ1) is 15.7. The summed E-state index contributed by atoms with van der Waals surface area (Å²) in [6.07, 6.45) is 5.17. The van der Waals surface area contributed by atoms with E-state index in [2.05, 4.69) is 15.1 Å². The predicted octanol–water partition coefficient (Wildman–Crippen LogP) is 3.32. The smallest absolute Gasteiger partial charge is 0.410 e. The number of piperidine rings is 1. The zero-order valence-corrected chi connectivity index (χ0v) is 17.5. The number of aromatic nitrogens is 3. The Morgan fingerprint density at radius 3 is 2.84 bits per heavy atom. The Morgan fingerprint density at radius 1 is 1.25 bits per heavy atom.